The molecule has 1 aliphatic rings. The van der Waals surface area contributed by atoms with Gasteiger partial charge in [-0.1, -0.05) is 24.6 Å². The van der Waals surface area contributed by atoms with Crippen molar-refractivity contribution in [1.29, 1.82) is 0 Å². The highest BCUT2D eigenvalue weighted by atomic mass is 79.9. The SMILES string of the molecule is Brc1cnn(CCSc2nnnn2C2CCCC2)c1. The van der Waals surface area contributed by atoms with Crippen LogP contribution in [0.3, 0.4) is 0 Å². The van der Waals surface area contributed by atoms with E-state index in [2.05, 4.69) is 36.6 Å². The molecule has 1 fully saturated rings. The van der Waals surface area contributed by atoms with E-state index in [1.165, 1.54) is 25.7 Å². The van der Waals surface area contributed by atoms with Crippen LogP contribution in [0.1, 0.15) is 31.7 Å². The molecule has 0 aromatic carbocycles. The molecule has 19 heavy (non-hydrogen) atoms. The summed E-state index contributed by atoms with van der Waals surface area (Å²) in [6.07, 6.45) is 8.75. The Morgan fingerprint density at radius 3 is 2.95 bits per heavy atom. The fraction of sp³-hybridized carbons (Fsp3) is 0.636. The van der Waals surface area contributed by atoms with Crippen molar-refractivity contribution < 1.29 is 0 Å². The van der Waals surface area contributed by atoms with Gasteiger partial charge >= 0.3 is 0 Å². The number of tetrazole rings is 1. The number of hydrogen-bond donors (Lipinski definition) is 0. The Labute approximate surface area is 124 Å². The van der Waals surface area contributed by atoms with Gasteiger partial charge in [0.1, 0.15) is 0 Å². The molecule has 2 heterocycles. The average Bonchev–Trinajstić information content (AvgIpc) is 3.09. The molecule has 0 bridgehead atoms. The summed E-state index contributed by atoms with van der Waals surface area (Å²) in [4.78, 5) is 0. The van der Waals surface area contributed by atoms with Crippen LogP contribution in [0.25, 0.3) is 0 Å². The number of halogens is 1. The second-order valence-corrected chi connectivity index (χ2v) is 6.59. The summed E-state index contributed by atoms with van der Waals surface area (Å²) in [5.41, 5.74) is 0. The number of rotatable bonds is 5. The van der Waals surface area contributed by atoms with Crippen molar-refractivity contribution in [3.63, 3.8) is 0 Å². The van der Waals surface area contributed by atoms with Crippen molar-refractivity contribution in [1.82, 2.24) is 30.0 Å². The fourth-order valence-electron chi connectivity index (χ4n) is 2.35. The first-order valence-electron chi connectivity index (χ1n) is 6.41. The second-order valence-electron chi connectivity index (χ2n) is 4.61. The van der Waals surface area contributed by atoms with Gasteiger partial charge in [0, 0.05) is 11.9 Å². The maximum absolute atomic E-state index is 4.23. The normalized spacial score (nSPS) is 16.3. The molecule has 8 heteroatoms. The van der Waals surface area contributed by atoms with Crippen LogP contribution >= 0.6 is 27.7 Å². The third-order valence-corrected chi connectivity index (χ3v) is 4.61. The molecule has 102 valence electrons. The van der Waals surface area contributed by atoms with Crippen molar-refractivity contribution >= 4 is 27.7 Å². The van der Waals surface area contributed by atoms with Crippen molar-refractivity contribution in [2.75, 3.05) is 5.75 Å². The van der Waals surface area contributed by atoms with Crippen LogP contribution in [0.15, 0.2) is 22.0 Å². The smallest absolute Gasteiger partial charge is 0.209 e. The molecule has 6 nitrogen and oxygen atoms in total. The molecule has 0 saturated heterocycles. The Hall–Kier alpha value is -0.890. The van der Waals surface area contributed by atoms with Gasteiger partial charge in [-0.25, -0.2) is 4.68 Å². The van der Waals surface area contributed by atoms with E-state index in [4.69, 9.17) is 0 Å². The molecule has 0 atom stereocenters. The third kappa shape index (κ3) is 3.17. The van der Waals surface area contributed by atoms with Crippen LogP contribution < -0.4 is 0 Å². The summed E-state index contributed by atoms with van der Waals surface area (Å²) in [5, 5.41) is 17.2. The standard InChI is InChI=1S/C11H15BrN6S/c12-9-7-13-17(8-9)5-6-19-11-14-15-16-18(11)10-3-1-2-4-10/h7-8,10H,1-6H2. The van der Waals surface area contributed by atoms with Gasteiger partial charge in [0.2, 0.25) is 5.16 Å². The van der Waals surface area contributed by atoms with Gasteiger partial charge in [-0.05, 0) is 39.2 Å². The quantitative estimate of drug-likeness (QED) is 0.781. The highest BCUT2D eigenvalue weighted by molar-refractivity contribution is 9.10. The highest BCUT2D eigenvalue weighted by Crippen LogP contribution is 2.31. The number of aromatic nitrogens is 6. The van der Waals surface area contributed by atoms with E-state index in [1.807, 2.05) is 15.6 Å². The van der Waals surface area contributed by atoms with Crippen LogP contribution in [-0.2, 0) is 6.54 Å². The number of nitrogens with zero attached hydrogens (tertiary/aromatic N) is 6. The molecule has 2 aromatic heterocycles. The summed E-state index contributed by atoms with van der Waals surface area (Å²) >= 11 is 5.09. The summed E-state index contributed by atoms with van der Waals surface area (Å²) in [5.74, 6) is 0.918. The largest absolute Gasteiger partial charge is 0.271 e. The zero-order chi connectivity index (χ0) is 13.1. The van der Waals surface area contributed by atoms with E-state index < -0.39 is 0 Å². The zero-order valence-electron chi connectivity index (χ0n) is 10.4. The second kappa shape index (κ2) is 6.04. The lowest BCUT2D eigenvalue weighted by atomic mass is 10.3. The van der Waals surface area contributed by atoms with Crippen LogP contribution in [-0.4, -0.2) is 35.7 Å². The molecule has 0 unspecified atom stereocenters. The molecule has 1 aliphatic carbocycles. The Morgan fingerprint density at radius 1 is 1.37 bits per heavy atom. The summed E-state index contributed by atoms with van der Waals surface area (Å²) < 4.78 is 4.92. The molecule has 0 spiro atoms. The van der Waals surface area contributed by atoms with Gasteiger partial charge in [-0.3, -0.25) is 4.68 Å². The summed E-state index contributed by atoms with van der Waals surface area (Å²) in [6, 6.07) is 0.497. The predicted octanol–water partition coefficient (Wildman–Crippen LogP) is 2.54. The van der Waals surface area contributed by atoms with E-state index in [9.17, 15) is 0 Å². The van der Waals surface area contributed by atoms with Crippen LogP contribution in [0.2, 0.25) is 0 Å². The average molecular weight is 343 g/mol. The van der Waals surface area contributed by atoms with Crippen LogP contribution in [0, 0.1) is 0 Å². The monoisotopic (exact) mass is 342 g/mol. The Morgan fingerprint density at radius 2 is 2.21 bits per heavy atom. The molecule has 1 saturated carbocycles. The molecular formula is C11H15BrN6S. The lowest BCUT2D eigenvalue weighted by Crippen LogP contribution is -2.09. The van der Waals surface area contributed by atoms with Crippen molar-refractivity contribution in [2.45, 2.75) is 43.4 Å². The third-order valence-electron chi connectivity index (χ3n) is 3.29. The lowest BCUT2D eigenvalue weighted by Gasteiger charge is -2.10. The topological polar surface area (TPSA) is 61.4 Å². The minimum Gasteiger partial charge on any atom is -0.271 e. The first kappa shape index (κ1) is 13.1. The highest BCUT2D eigenvalue weighted by Gasteiger charge is 2.21. The predicted molar refractivity (Wildman–Crippen MR) is 76.0 cm³/mol. The Balaban J connectivity index is 1.56. The maximum Gasteiger partial charge on any atom is 0.209 e. The van der Waals surface area contributed by atoms with Crippen LogP contribution in [0.5, 0.6) is 0 Å². The maximum atomic E-state index is 4.23. The van der Waals surface area contributed by atoms with Gasteiger partial charge in [-0.2, -0.15) is 5.10 Å². The first-order chi connectivity index (χ1) is 9.33. The fourth-order valence-corrected chi connectivity index (χ4v) is 3.55. The molecule has 0 amide bonds. The minimum atomic E-state index is 0.497. The van der Waals surface area contributed by atoms with Gasteiger partial charge in [0.25, 0.3) is 0 Å². The van der Waals surface area contributed by atoms with Crippen LogP contribution in [0.4, 0.5) is 0 Å². The van der Waals surface area contributed by atoms with Gasteiger partial charge in [0.15, 0.2) is 0 Å². The van der Waals surface area contributed by atoms with Gasteiger partial charge < -0.3 is 0 Å². The molecule has 0 radical (unpaired) electrons. The summed E-state index contributed by atoms with van der Waals surface area (Å²) in [6.45, 7) is 0.855. The van der Waals surface area contributed by atoms with E-state index in [0.29, 0.717) is 6.04 Å². The molecular weight excluding hydrogens is 328 g/mol. The van der Waals surface area contributed by atoms with Gasteiger partial charge in [0.05, 0.1) is 23.3 Å². The molecule has 2 aromatic rings. The van der Waals surface area contributed by atoms with E-state index in [1.54, 1.807) is 18.0 Å². The van der Waals surface area contributed by atoms with Crippen molar-refractivity contribution in [3.8, 4) is 0 Å². The van der Waals surface area contributed by atoms with E-state index in [-0.39, 0.29) is 0 Å². The Bertz CT molecular complexity index is 533. The van der Waals surface area contributed by atoms with Crippen molar-refractivity contribution in [2.24, 2.45) is 0 Å². The minimum absolute atomic E-state index is 0.497. The Kier molecular flexibility index (Phi) is 4.17. The van der Waals surface area contributed by atoms with Gasteiger partial charge in [-0.15, -0.1) is 5.10 Å². The molecule has 0 N–H and O–H groups in total. The van der Waals surface area contributed by atoms with E-state index in [0.717, 1.165) is 21.9 Å². The number of thioether (sulfide) groups is 1. The zero-order valence-corrected chi connectivity index (χ0v) is 12.8. The molecule has 3 rings (SSSR count). The lowest BCUT2D eigenvalue weighted by molar-refractivity contribution is 0.423. The van der Waals surface area contributed by atoms with E-state index >= 15 is 0 Å². The first-order valence-corrected chi connectivity index (χ1v) is 8.19. The van der Waals surface area contributed by atoms with Crippen molar-refractivity contribution in [3.05, 3.63) is 16.9 Å². The number of aryl methyl sites for hydroxylation is 1. The number of hydrogen-bond acceptors (Lipinski definition) is 5. The summed E-state index contributed by atoms with van der Waals surface area (Å²) in [7, 11) is 0. The molecule has 0 aliphatic heterocycles.